The smallest absolute Gasteiger partial charge is 0.319 e. The van der Waals surface area contributed by atoms with Crippen molar-refractivity contribution in [3.63, 3.8) is 0 Å². The lowest BCUT2D eigenvalue weighted by Crippen LogP contribution is -2.69. The molecule has 1 aromatic heterocycles. The van der Waals surface area contributed by atoms with Gasteiger partial charge in [-0.1, -0.05) is 87.5 Å². The monoisotopic (exact) mass is 481 g/mol. The van der Waals surface area contributed by atoms with Crippen molar-refractivity contribution in [2.24, 2.45) is 0 Å². The Labute approximate surface area is 210 Å². The number of phenols is 1. The molecule has 4 rings (SSSR count). The number of benzene rings is 3. The molecule has 1 N–H and O–H groups in total. The number of rotatable bonds is 6. The molecule has 0 aliphatic rings. The number of phenolic OH excluding ortho intramolecular Hbond substituents is 1. The summed E-state index contributed by atoms with van der Waals surface area (Å²) in [5, 5.41) is 13.5. The Kier molecular flexibility index (Phi) is 6.86. The summed E-state index contributed by atoms with van der Waals surface area (Å²) in [6.07, 6.45) is 4.23. The number of nitrogens with zero attached hydrogens (tertiary/aromatic N) is 1. The number of aromatic nitrogens is 1. The van der Waals surface area contributed by atoms with Crippen molar-refractivity contribution in [1.82, 2.24) is 4.98 Å². The van der Waals surface area contributed by atoms with Gasteiger partial charge in [-0.15, -0.1) is 0 Å². The third-order valence-electron chi connectivity index (χ3n) is 7.11. The van der Waals surface area contributed by atoms with Gasteiger partial charge in [-0.3, -0.25) is 4.98 Å². The summed E-state index contributed by atoms with van der Waals surface area (Å²) in [6.45, 7) is 13.0. The van der Waals surface area contributed by atoms with Gasteiger partial charge in [0.1, 0.15) is 11.5 Å². The van der Waals surface area contributed by atoms with Crippen molar-refractivity contribution in [3.05, 3.63) is 113 Å². The molecule has 1 heterocycles. The van der Waals surface area contributed by atoms with Crippen LogP contribution in [0.5, 0.6) is 11.5 Å². The molecule has 3 nitrogen and oxygen atoms in total. The van der Waals surface area contributed by atoms with Gasteiger partial charge >= 0.3 is 8.32 Å². The predicted octanol–water partition coefficient (Wildman–Crippen LogP) is 6.24. The van der Waals surface area contributed by atoms with Gasteiger partial charge in [0, 0.05) is 24.4 Å². The minimum Gasteiger partial charge on any atom is -0.534 e. The van der Waals surface area contributed by atoms with Crippen LogP contribution in [-0.2, 0) is 6.42 Å². The second-order valence-electron chi connectivity index (χ2n) is 10.3. The van der Waals surface area contributed by atoms with Gasteiger partial charge < -0.3 is 9.53 Å². The molecular weight excluding hydrogens is 446 g/mol. The first-order valence-electron chi connectivity index (χ1n) is 12.2. The molecule has 0 fully saturated rings. The van der Waals surface area contributed by atoms with Crippen LogP contribution in [-0.4, -0.2) is 18.4 Å². The van der Waals surface area contributed by atoms with Gasteiger partial charge in [0.15, 0.2) is 0 Å². The Balaban J connectivity index is 1.97. The largest absolute Gasteiger partial charge is 0.534 e. The lowest BCUT2D eigenvalue weighted by molar-refractivity contribution is 0.457. The minimum atomic E-state index is -2.80. The molecule has 0 radical (unpaired) electrons. The molecule has 0 aliphatic carbocycles. The SMILES string of the molecule is Cc1c(C)c(O[Si](c2ccccc2)(c2ccccc2)C(C)(C)C)c(C)c(Cc2cccnc2)c1O. The third kappa shape index (κ3) is 4.51. The lowest BCUT2D eigenvalue weighted by Gasteiger charge is -2.44. The van der Waals surface area contributed by atoms with Crippen molar-refractivity contribution in [1.29, 1.82) is 0 Å². The highest BCUT2D eigenvalue weighted by molar-refractivity contribution is 7.00. The minimum absolute atomic E-state index is 0.149. The van der Waals surface area contributed by atoms with Crippen molar-refractivity contribution in [2.45, 2.75) is 53.0 Å². The summed E-state index contributed by atoms with van der Waals surface area (Å²) in [7, 11) is -2.80. The van der Waals surface area contributed by atoms with Crippen LogP contribution in [0.2, 0.25) is 5.04 Å². The molecule has 0 aliphatic heterocycles. The topological polar surface area (TPSA) is 42.4 Å². The third-order valence-corrected chi connectivity index (χ3v) is 12.0. The maximum Gasteiger partial charge on any atom is 0.319 e. The summed E-state index contributed by atoms with van der Waals surface area (Å²) < 4.78 is 7.43. The summed E-state index contributed by atoms with van der Waals surface area (Å²) in [4.78, 5) is 4.27. The van der Waals surface area contributed by atoms with Gasteiger partial charge in [-0.25, -0.2) is 0 Å². The first kappa shape index (κ1) is 24.7. The zero-order valence-electron chi connectivity index (χ0n) is 21.6. The standard InChI is InChI=1S/C31H35NO2Si/c1-22-23(2)30(24(3)28(29(22)33)20-25-14-13-19-32-21-25)34-35(31(4,5)6,26-15-9-7-10-16-26)27-17-11-8-12-18-27/h7-19,21,33H,20H2,1-6H3. The summed E-state index contributed by atoms with van der Waals surface area (Å²) in [5.74, 6) is 1.23. The van der Waals surface area contributed by atoms with Gasteiger partial charge in [0.25, 0.3) is 0 Å². The molecular formula is C31H35NO2Si. The Hall–Kier alpha value is -3.37. The molecule has 0 bridgehead atoms. The number of hydrogen-bond donors (Lipinski definition) is 1. The zero-order valence-corrected chi connectivity index (χ0v) is 22.6. The van der Waals surface area contributed by atoms with Crippen LogP contribution in [0, 0.1) is 20.8 Å². The van der Waals surface area contributed by atoms with E-state index in [9.17, 15) is 5.11 Å². The van der Waals surface area contributed by atoms with Crippen molar-refractivity contribution in [2.75, 3.05) is 0 Å². The quantitative estimate of drug-likeness (QED) is 0.331. The Morgan fingerprint density at radius 2 is 1.34 bits per heavy atom. The highest BCUT2D eigenvalue weighted by Gasteiger charge is 2.52. The van der Waals surface area contributed by atoms with Crippen molar-refractivity contribution >= 4 is 18.7 Å². The molecule has 4 aromatic rings. The molecule has 0 unspecified atom stereocenters. The fourth-order valence-corrected chi connectivity index (χ4v) is 9.59. The number of aromatic hydroxyl groups is 1. The van der Waals surface area contributed by atoms with Crippen LogP contribution in [0.25, 0.3) is 0 Å². The predicted molar refractivity (Wildman–Crippen MR) is 148 cm³/mol. The van der Waals surface area contributed by atoms with E-state index in [0.717, 1.165) is 33.6 Å². The van der Waals surface area contributed by atoms with E-state index < -0.39 is 8.32 Å². The molecule has 0 atom stereocenters. The first-order valence-corrected chi connectivity index (χ1v) is 14.1. The molecule has 0 saturated carbocycles. The van der Waals surface area contributed by atoms with Gasteiger partial charge in [-0.2, -0.15) is 0 Å². The Bertz CT molecular complexity index is 1260. The highest BCUT2D eigenvalue weighted by Crippen LogP contribution is 2.43. The molecule has 0 saturated heterocycles. The van der Waals surface area contributed by atoms with Crippen LogP contribution in [0.3, 0.4) is 0 Å². The normalized spacial score (nSPS) is 11.9. The van der Waals surface area contributed by atoms with E-state index in [-0.39, 0.29) is 5.04 Å². The van der Waals surface area contributed by atoms with Crippen LogP contribution in [0.4, 0.5) is 0 Å². The maximum atomic E-state index is 11.2. The van der Waals surface area contributed by atoms with Crippen molar-refractivity contribution in [3.8, 4) is 11.5 Å². The van der Waals surface area contributed by atoms with E-state index in [2.05, 4.69) is 100 Å². The van der Waals surface area contributed by atoms with Crippen LogP contribution >= 0.6 is 0 Å². The van der Waals surface area contributed by atoms with Crippen LogP contribution in [0.1, 0.15) is 48.6 Å². The average molecular weight is 482 g/mol. The molecule has 3 aromatic carbocycles. The van der Waals surface area contributed by atoms with Crippen LogP contribution in [0.15, 0.2) is 85.2 Å². The fourth-order valence-electron chi connectivity index (χ4n) is 5.05. The average Bonchev–Trinajstić information content (AvgIpc) is 2.86. The number of hydrogen-bond acceptors (Lipinski definition) is 3. The van der Waals surface area contributed by atoms with Crippen molar-refractivity contribution < 1.29 is 9.53 Å². The highest BCUT2D eigenvalue weighted by atomic mass is 28.4. The summed E-state index contributed by atoms with van der Waals surface area (Å²) >= 11 is 0. The van der Waals surface area contributed by atoms with Gasteiger partial charge in [0.05, 0.1) is 0 Å². The van der Waals surface area contributed by atoms with E-state index in [1.54, 1.807) is 6.20 Å². The first-order chi connectivity index (χ1) is 16.7. The molecule has 35 heavy (non-hydrogen) atoms. The zero-order chi connectivity index (χ0) is 25.2. The summed E-state index contributed by atoms with van der Waals surface area (Å²) in [5.41, 5.74) is 4.80. The van der Waals surface area contributed by atoms with E-state index in [1.807, 2.05) is 25.3 Å². The van der Waals surface area contributed by atoms with Gasteiger partial charge in [-0.05, 0) is 64.5 Å². The van der Waals surface area contributed by atoms with E-state index in [1.165, 1.54) is 10.4 Å². The lowest BCUT2D eigenvalue weighted by atomic mass is 9.93. The van der Waals surface area contributed by atoms with E-state index in [0.29, 0.717) is 12.2 Å². The number of pyridine rings is 1. The fraction of sp³-hybridized carbons (Fsp3) is 0.258. The molecule has 0 amide bonds. The Morgan fingerprint density at radius 1 is 0.771 bits per heavy atom. The van der Waals surface area contributed by atoms with Gasteiger partial charge in [0.2, 0.25) is 0 Å². The van der Waals surface area contributed by atoms with E-state index in [4.69, 9.17) is 4.43 Å². The Morgan fingerprint density at radius 3 is 1.83 bits per heavy atom. The molecule has 0 spiro atoms. The molecule has 180 valence electrons. The van der Waals surface area contributed by atoms with Crippen LogP contribution < -0.4 is 14.8 Å². The second-order valence-corrected chi connectivity index (χ2v) is 14.6. The molecule has 4 heteroatoms. The summed E-state index contributed by atoms with van der Waals surface area (Å²) in [6, 6.07) is 25.3. The maximum absolute atomic E-state index is 11.2. The van der Waals surface area contributed by atoms with E-state index >= 15 is 0 Å². The second kappa shape index (κ2) is 9.71.